The van der Waals surface area contributed by atoms with Gasteiger partial charge >= 0.3 is 0 Å². The van der Waals surface area contributed by atoms with E-state index in [0.717, 1.165) is 12.0 Å². The van der Waals surface area contributed by atoms with Crippen molar-refractivity contribution in [3.05, 3.63) is 29.8 Å². The lowest BCUT2D eigenvalue weighted by Crippen LogP contribution is -2.01. The Morgan fingerprint density at radius 3 is 2.38 bits per heavy atom. The third kappa shape index (κ3) is 2.79. The Labute approximate surface area is 88.6 Å². The van der Waals surface area contributed by atoms with Crippen molar-refractivity contribution in [2.45, 2.75) is 18.4 Å². The number of aromatic nitrogens is 1. The van der Waals surface area contributed by atoms with Gasteiger partial charge < -0.3 is 5.73 Å². The molecule has 1 aliphatic rings. The van der Waals surface area contributed by atoms with E-state index in [2.05, 4.69) is 4.98 Å². The topological polar surface area (TPSA) is 38.9 Å². The molecule has 0 aromatic carbocycles. The predicted molar refractivity (Wildman–Crippen MR) is 54.0 cm³/mol. The van der Waals surface area contributed by atoms with Gasteiger partial charge in [-0.15, -0.1) is 24.8 Å². The summed E-state index contributed by atoms with van der Waals surface area (Å²) in [4.78, 5) is 3.55. The Balaban J connectivity index is 0.000000720. The van der Waals surface area contributed by atoms with Crippen molar-refractivity contribution in [1.29, 1.82) is 0 Å². The molecule has 1 aromatic rings. The molecule has 0 radical (unpaired) electrons. The van der Waals surface area contributed by atoms with Crippen molar-refractivity contribution in [2.24, 2.45) is 5.73 Å². The number of hydrogen-bond donors (Lipinski definition) is 1. The Morgan fingerprint density at radius 1 is 1.38 bits per heavy atom. The number of pyridine rings is 1. The molecule has 2 rings (SSSR count). The summed E-state index contributed by atoms with van der Waals surface area (Å²) >= 11 is 0. The van der Waals surface area contributed by atoms with Gasteiger partial charge in [-0.25, -0.2) is 4.98 Å². The van der Waals surface area contributed by atoms with Crippen LogP contribution in [0.15, 0.2) is 18.3 Å². The number of nitrogens with two attached hydrogens (primary N) is 1. The molecule has 0 saturated heterocycles. The van der Waals surface area contributed by atoms with Crippen LogP contribution < -0.4 is 5.73 Å². The van der Waals surface area contributed by atoms with Crippen LogP contribution in [0.3, 0.4) is 0 Å². The zero-order valence-electron chi connectivity index (χ0n) is 6.81. The van der Waals surface area contributed by atoms with E-state index in [1.165, 1.54) is 6.07 Å². The van der Waals surface area contributed by atoms with E-state index in [9.17, 15) is 4.39 Å². The van der Waals surface area contributed by atoms with Crippen LogP contribution >= 0.6 is 24.8 Å². The summed E-state index contributed by atoms with van der Waals surface area (Å²) in [6, 6.07) is 3.39. The zero-order chi connectivity index (χ0) is 7.84. The van der Waals surface area contributed by atoms with E-state index in [-0.39, 0.29) is 30.9 Å². The Kier molecular flexibility index (Phi) is 4.61. The molecule has 1 aromatic heterocycles. The third-order valence-electron chi connectivity index (χ3n) is 2.02. The summed E-state index contributed by atoms with van der Waals surface area (Å²) in [5.41, 5.74) is 6.67. The van der Waals surface area contributed by atoms with E-state index in [4.69, 9.17) is 5.73 Å². The standard InChI is InChI=1S/C8H9FN2.2ClH/c9-8-2-1-5(4-11-8)6-3-7(6)10;;/h1-2,4,6-7H,3,10H2;2*1H/t6-,7+;;/m0../s1. The molecule has 0 spiro atoms. The van der Waals surface area contributed by atoms with Gasteiger partial charge in [-0.1, -0.05) is 6.07 Å². The molecule has 2 nitrogen and oxygen atoms in total. The number of rotatable bonds is 1. The second-order valence-electron chi connectivity index (χ2n) is 2.92. The van der Waals surface area contributed by atoms with Crippen molar-refractivity contribution in [1.82, 2.24) is 4.98 Å². The van der Waals surface area contributed by atoms with Crippen molar-refractivity contribution in [3.63, 3.8) is 0 Å². The van der Waals surface area contributed by atoms with E-state index >= 15 is 0 Å². The average Bonchev–Trinajstić information content (AvgIpc) is 2.69. The van der Waals surface area contributed by atoms with Crippen LogP contribution in [0.5, 0.6) is 0 Å². The molecule has 1 saturated carbocycles. The quantitative estimate of drug-likeness (QED) is 0.741. The Bertz CT molecular complexity index is 265. The molecular formula is C8H11Cl2FN2. The second kappa shape index (κ2) is 4.74. The van der Waals surface area contributed by atoms with Crippen LogP contribution in [0, 0.1) is 5.95 Å². The summed E-state index contributed by atoms with van der Waals surface area (Å²) in [6.45, 7) is 0. The molecule has 13 heavy (non-hydrogen) atoms. The summed E-state index contributed by atoms with van der Waals surface area (Å²) in [5, 5.41) is 0. The summed E-state index contributed by atoms with van der Waals surface area (Å²) < 4.78 is 12.3. The van der Waals surface area contributed by atoms with E-state index in [1.807, 2.05) is 0 Å². The van der Waals surface area contributed by atoms with Crippen LogP contribution in [0.2, 0.25) is 0 Å². The number of halogens is 3. The van der Waals surface area contributed by atoms with Gasteiger partial charge in [0.05, 0.1) is 0 Å². The van der Waals surface area contributed by atoms with Crippen LogP contribution in [-0.2, 0) is 0 Å². The van der Waals surface area contributed by atoms with E-state index < -0.39 is 5.95 Å². The molecule has 5 heteroatoms. The van der Waals surface area contributed by atoms with Gasteiger partial charge in [-0.2, -0.15) is 4.39 Å². The van der Waals surface area contributed by atoms with Gasteiger partial charge in [0.25, 0.3) is 0 Å². The van der Waals surface area contributed by atoms with Crippen LogP contribution in [0.4, 0.5) is 4.39 Å². The van der Waals surface area contributed by atoms with E-state index in [1.54, 1.807) is 12.3 Å². The second-order valence-corrected chi connectivity index (χ2v) is 2.92. The fourth-order valence-electron chi connectivity index (χ4n) is 1.20. The highest BCUT2D eigenvalue weighted by Gasteiger charge is 2.34. The first kappa shape index (κ1) is 12.6. The molecule has 0 amide bonds. The minimum atomic E-state index is -0.428. The van der Waals surface area contributed by atoms with E-state index in [0.29, 0.717) is 5.92 Å². The SMILES string of the molecule is Cl.Cl.N[C@@H]1C[C@H]1c1ccc(F)nc1. The average molecular weight is 225 g/mol. The van der Waals surface area contributed by atoms with Crippen molar-refractivity contribution in [3.8, 4) is 0 Å². The van der Waals surface area contributed by atoms with Gasteiger partial charge in [0, 0.05) is 18.2 Å². The van der Waals surface area contributed by atoms with Crippen molar-refractivity contribution >= 4 is 24.8 Å². The predicted octanol–water partition coefficient (Wildman–Crippen LogP) is 1.88. The van der Waals surface area contributed by atoms with Crippen LogP contribution in [0.1, 0.15) is 17.9 Å². The molecule has 74 valence electrons. The first-order valence-electron chi connectivity index (χ1n) is 3.64. The molecule has 0 unspecified atom stereocenters. The molecule has 2 atom stereocenters. The largest absolute Gasteiger partial charge is 0.327 e. The minimum absolute atomic E-state index is 0. The zero-order valence-corrected chi connectivity index (χ0v) is 8.45. The highest BCUT2D eigenvalue weighted by atomic mass is 35.5. The smallest absolute Gasteiger partial charge is 0.212 e. The Morgan fingerprint density at radius 2 is 2.00 bits per heavy atom. The molecule has 0 aliphatic heterocycles. The fourth-order valence-corrected chi connectivity index (χ4v) is 1.20. The summed E-state index contributed by atoms with van der Waals surface area (Å²) in [5.74, 6) is -0.00827. The molecular weight excluding hydrogens is 214 g/mol. The van der Waals surface area contributed by atoms with Gasteiger partial charge in [0.1, 0.15) is 0 Å². The lowest BCUT2D eigenvalue weighted by molar-refractivity contribution is 0.582. The minimum Gasteiger partial charge on any atom is -0.327 e. The molecule has 0 bridgehead atoms. The number of hydrogen-bond acceptors (Lipinski definition) is 2. The van der Waals surface area contributed by atoms with Crippen LogP contribution in [0.25, 0.3) is 0 Å². The van der Waals surface area contributed by atoms with Gasteiger partial charge in [0.15, 0.2) is 0 Å². The highest BCUT2D eigenvalue weighted by molar-refractivity contribution is 5.85. The lowest BCUT2D eigenvalue weighted by Gasteiger charge is -1.95. The van der Waals surface area contributed by atoms with Crippen molar-refractivity contribution < 1.29 is 4.39 Å². The normalized spacial score (nSPS) is 24.2. The Hall–Kier alpha value is -0.380. The third-order valence-corrected chi connectivity index (χ3v) is 2.02. The van der Waals surface area contributed by atoms with Crippen molar-refractivity contribution in [2.75, 3.05) is 0 Å². The number of nitrogens with zero attached hydrogens (tertiary/aromatic N) is 1. The highest BCUT2D eigenvalue weighted by Crippen LogP contribution is 2.38. The molecule has 1 fully saturated rings. The first-order chi connectivity index (χ1) is 5.27. The summed E-state index contributed by atoms with van der Waals surface area (Å²) in [7, 11) is 0. The van der Waals surface area contributed by atoms with Gasteiger partial charge in [-0.05, 0) is 18.1 Å². The molecule has 2 N–H and O–H groups in total. The summed E-state index contributed by atoms with van der Waals surface area (Å²) in [6.07, 6.45) is 2.57. The van der Waals surface area contributed by atoms with Gasteiger partial charge in [0.2, 0.25) is 5.95 Å². The maximum atomic E-state index is 12.3. The lowest BCUT2D eigenvalue weighted by atomic mass is 10.2. The maximum absolute atomic E-state index is 12.3. The maximum Gasteiger partial charge on any atom is 0.212 e. The fraction of sp³-hybridized carbons (Fsp3) is 0.375. The molecule has 1 aliphatic carbocycles. The monoisotopic (exact) mass is 224 g/mol. The molecule has 1 heterocycles. The van der Waals surface area contributed by atoms with Crippen LogP contribution in [-0.4, -0.2) is 11.0 Å². The van der Waals surface area contributed by atoms with Gasteiger partial charge in [-0.3, -0.25) is 0 Å². The first-order valence-corrected chi connectivity index (χ1v) is 3.64.